The van der Waals surface area contributed by atoms with Gasteiger partial charge in [0.05, 0.1) is 5.69 Å². The van der Waals surface area contributed by atoms with Crippen LogP contribution in [0.5, 0.6) is 11.8 Å². The maximum atomic E-state index is 12.7. The van der Waals surface area contributed by atoms with E-state index in [0.29, 0.717) is 11.4 Å². The number of rotatable bonds is 4. The van der Waals surface area contributed by atoms with Gasteiger partial charge in [0.1, 0.15) is 5.75 Å². The van der Waals surface area contributed by atoms with Crippen molar-refractivity contribution in [3.63, 3.8) is 0 Å². The number of hydrogen-bond acceptors (Lipinski definition) is 5. The predicted molar refractivity (Wildman–Crippen MR) is 102 cm³/mol. The van der Waals surface area contributed by atoms with Gasteiger partial charge in [0.25, 0.3) is 5.91 Å². The van der Waals surface area contributed by atoms with Gasteiger partial charge in [0.2, 0.25) is 5.76 Å². The van der Waals surface area contributed by atoms with Crippen molar-refractivity contribution < 1.29 is 13.9 Å². The Balaban J connectivity index is 1.33. The minimum absolute atomic E-state index is 0.0617. The maximum absolute atomic E-state index is 12.7. The number of aryl methyl sites for hydroxylation is 1. The highest BCUT2D eigenvalue weighted by Gasteiger charge is 2.27. The molecule has 7 heteroatoms. The minimum atomic E-state index is -0.256. The molecule has 0 saturated heterocycles. The van der Waals surface area contributed by atoms with E-state index in [1.165, 1.54) is 15.6 Å². The van der Waals surface area contributed by atoms with E-state index in [9.17, 15) is 4.79 Å². The zero-order chi connectivity index (χ0) is 19.1. The molecule has 1 N–H and O–H groups in total. The molecule has 0 radical (unpaired) electrons. The third kappa shape index (κ3) is 2.90. The molecule has 0 bridgehead atoms. The van der Waals surface area contributed by atoms with Crippen LogP contribution in [0.3, 0.4) is 0 Å². The van der Waals surface area contributed by atoms with Crippen molar-refractivity contribution in [1.82, 2.24) is 19.9 Å². The molecule has 2 aromatic carbocycles. The summed E-state index contributed by atoms with van der Waals surface area (Å²) in [6, 6.07) is 17.7. The molecule has 0 saturated carbocycles. The second-order valence-corrected chi connectivity index (χ2v) is 6.87. The van der Waals surface area contributed by atoms with Crippen LogP contribution < -0.4 is 10.1 Å². The predicted octanol–water partition coefficient (Wildman–Crippen LogP) is 3.32. The molecule has 4 aromatic rings. The SMILES string of the molecule is Cc1c(C(=O)NC2Cc3ccccc3C2)oc2nc(Oc3ccccc3)nn12. The van der Waals surface area contributed by atoms with E-state index < -0.39 is 0 Å². The molecule has 1 aliphatic carbocycles. The molecule has 28 heavy (non-hydrogen) atoms. The van der Waals surface area contributed by atoms with Crippen LogP contribution >= 0.6 is 0 Å². The summed E-state index contributed by atoms with van der Waals surface area (Å²) in [7, 11) is 0. The summed E-state index contributed by atoms with van der Waals surface area (Å²) in [5, 5.41) is 7.34. The lowest BCUT2D eigenvalue weighted by atomic mass is 10.1. The zero-order valence-corrected chi connectivity index (χ0v) is 15.3. The van der Waals surface area contributed by atoms with Crippen molar-refractivity contribution in [3.05, 3.63) is 77.2 Å². The third-order valence-corrected chi connectivity index (χ3v) is 4.94. The smallest absolute Gasteiger partial charge is 0.344 e. The van der Waals surface area contributed by atoms with Crippen molar-refractivity contribution in [2.24, 2.45) is 0 Å². The van der Waals surface area contributed by atoms with E-state index in [4.69, 9.17) is 9.15 Å². The molecular formula is C21H18N4O3. The molecule has 2 heterocycles. The molecule has 1 amide bonds. The molecule has 140 valence electrons. The highest BCUT2D eigenvalue weighted by Crippen LogP contribution is 2.24. The molecular weight excluding hydrogens is 356 g/mol. The fourth-order valence-corrected chi connectivity index (χ4v) is 3.59. The van der Waals surface area contributed by atoms with Gasteiger partial charge in [-0.15, -0.1) is 10.1 Å². The molecule has 0 aliphatic heterocycles. The number of oxazole rings is 1. The number of aromatic nitrogens is 3. The number of ether oxygens (including phenoxy) is 1. The molecule has 7 nitrogen and oxygen atoms in total. The summed E-state index contributed by atoms with van der Waals surface area (Å²) in [5.74, 6) is 0.820. The first kappa shape index (κ1) is 16.6. The van der Waals surface area contributed by atoms with Gasteiger partial charge in [-0.05, 0) is 43.0 Å². The van der Waals surface area contributed by atoms with Crippen molar-refractivity contribution in [2.45, 2.75) is 25.8 Å². The molecule has 2 aromatic heterocycles. The van der Waals surface area contributed by atoms with Crippen LogP contribution in [0.25, 0.3) is 5.84 Å². The lowest BCUT2D eigenvalue weighted by Gasteiger charge is -2.10. The van der Waals surface area contributed by atoms with E-state index in [-0.39, 0.29) is 29.6 Å². The quantitative estimate of drug-likeness (QED) is 0.593. The van der Waals surface area contributed by atoms with E-state index in [2.05, 4.69) is 27.5 Å². The molecule has 1 aliphatic rings. The first-order chi connectivity index (χ1) is 13.7. The van der Waals surface area contributed by atoms with Crippen molar-refractivity contribution in [3.8, 4) is 11.8 Å². The van der Waals surface area contributed by atoms with Crippen LogP contribution in [0.4, 0.5) is 0 Å². The van der Waals surface area contributed by atoms with Crippen molar-refractivity contribution >= 4 is 11.8 Å². The number of nitrogens with zero attached hydrogens (tertiary/aromatic N) is 3. The molecule has 0 unspecified atom stereocenters. The second kappa shape index (κ2) is 6.53. The van der Waals surface area contributed by atoms with Crippen molar-refractivity contribution in [1.29, 1.82) is 0 Å². The van der Waals surface area contributed by atoms with Crippen LogP contribution in [-0.2, 0) is 12.8 Å². The maximum Gasteiger partial charge on any atom is 0.344 e. The lowest BCUT2D eigenvalue weighted by molar-refractivity contribution is 0.0911. The highest BCUT2D eigenvalue weighted by atomic mass is 16.5. The number of fused-ring (bicyclic) bond motifs is 2. The van der Waals surface area contributed by atoms with E-state index in [1.54, 1.807) is 6.92 Å². The van der Waals surface area contributed by atoms with Crippen LogP contribution in [0.15, 0.2) is 59.0 Å². The van der Waals surface area contributed by atoms with E-state index in [0.717, 1.165) is 12.8 Å². The summed E-state index contributed by atoms with van der Waals surface area (Å²) in [6.45, 7) is 1.77. The first-order valence-electron chi connectivity index (χ1n) is 9.14. The zero-order valence-electron chi connectivity index (χ0n) is 15.3. The van der Waals surface area contributed by atoms with Crippen LogP contribution in [0.2, 0.25) is 0 Å². The molecule has 5 rings (SSSR count). The topological polar surface area (TPSA) is 81.7 Å². The van der Waals surface area contributed by atoms with Gasteiger partial charge in [-0.1, -0.05) is 42.5 Å². The molecule has 0 spiro atoms. The van der Waals surface area contributed by atoms with Crippen molar-refractivity contribution in [2.75, 3.05) is 0 Å². The normalized spacial score (nSPS) is 13.6. The number of nitrogens with one attached hydrogen (secondary N) is 1. The molecule has 0 atom stereocenters. The Morgan fingerprint density at radius 3 is 2.46 bits per heavy atom. The van der Waals surface area contributed by atoms with Gasteiger partial charge in [0.15, 0.2) is 0 Å². The summed E-state index contributed by atoms with van der Waals surface area (Å²) < 4.78 is 12.8. The number of hydrogen-bond donors (Lipinski definition) is 1. The summed E-state index contributed by atoms with van der Waals surface area (Å²) in [4.78, 5) is 16.9. The summed E-state index contributed by atoms with van der Waals surface area (Å²) in [6.07, 6.45) is 1.65. The number of amides is 1. The Hall–Kier alpha value is -3.61. The lowest BCUT2D eigenvalue weighted by Crippen LogP contribution is -2.35. The number of carbonyl (C=O) groups is 1. The number of carbonyl (C=O) groups excluding carboxylic acids is 1. The third-order valence-electron chi connectivity index (χ3n) is 4.94. The van der Waals surface area contributed by atoms with Gasteiger partial charge in [0, 0.05) is 6.04 Å². The van der Waals surface area contributed by atoms with E-state index in [1.807, 2.05) is 42.5 Å². The monoisotopic (exact) mass is 374 g/mol. The van der Waals surface area contributed by atoms with Crippen LogP contribution in [-0.4, -0.2) is 26.5 Å². The fraction of sp³-hybridized carbons (Fsp3) is 0.190. The Bertz CT molecular complexity index is 1140. The largest absolute Gasteiger partial charge is 0.423 e. The van der Waals surface area contributed by atoms with Gasteiger partial charge in [-0.2, -0.15) is 4.52 Å². The second-order valence-electron chi connectivity index (χ2n) is 6.87. The number of para-hydroxylation sites is 1. The van der Waals surface area contributed by atoms with Gasteiger partial charge in [-0.25, -0.2) is 0 Å². The Morgan fingerprint density at radius 2 is 1.79 bits per heavy atom. The minimum Gasteiger partial charge on any atom is -0.423 e. The van der Waals surface area contributed by atoms with Crippen LogP contribution in [0, 0.1) is 6.92 Å². The van der Waals surface area contributed by atoms with Crippen LogP contribution in [0.1, 0.15) is 27.4 Å². The standard InChI is InChI=1S/C21H18N4O3/c1-13-18(19(26)22-16-11-14-7-5-6-8-15(14)12-16)28-21-23-20(24-25(13)21)27-17-9-3-2-4-10-17/h2-10,16H,11-12H2,1H3,(H,22,26). The Morgan fingerprint density at radius 1 is 1.11 bits per heavy atom. The summed E-state index contributed by atoms with van der Waals surface area (Å²) >= 11 is 0. The van der Waals surface area contributed by atoms with Gasteiger partial charge < -0.3 is 14.5 Å². The van der Waals surface area contributed by atoms with Gasteiger partial charge >= 0.3 is 11.9 Å². The summed E-state index contributed by atoms with van der Waals surface area (Å²) in [5.41, 5.74) is 3.14. The highest BCUT2D eigenvalue weighted by molar-refractivity contribution is 5.93. The van der Waals surface area contributed by atoms with E-state index >= 15 is 0 Å². The average Bonchev–Trinajstić information content (AvgIpc) is 3.36. The van der Waals surface area contributed by atoms with Gasteiger partial charge in [-0.3, -0.25) is 4.79 Å². The Kier molecular flexibility index (Phi) is 3.86. The fourth-order valence-electron chi connectivity index (χ4n) is 3.59. The Labute approximate surface area is 161 Å². The average molecular weight is 374 g/mol. The molecule has 0 fully saturated rings. The first-order valence-corrected chi connectivity index (χ1v) is 9.14. The number of benzene rings is 2.